The van der Waals surface area contributed by atoms with Crippen LogP contribution in [0.5, 0.6) is 0 Å². The maximum Gasteiger partial charge on any atom is 0.250 e. The number of furan rings is 1. The molecule has 0 aliphatic heterocycles. The smallest absolute Gasteiger partial charge is 0.250 e. The van der Waals surface area contributed by atoms with Gasteiger partial charge in [-0.3, -0.25) is 10.1 Å². The third-order valence-corrected chi connectivity index (χ3v) is 4.47. The standard InChI is InChI=1S/C18H16FN3O2S/c1-11(2)17-21-22-18(25-17)20-16(23)10-8-12-7-9-15(24-12)13-5-3-4-6-14(13)19/h3-11H,1-2H3,(H,20,22,23)/b10-8+. The highest BCUT2D eigenvalue weighted by molar-refractivity contribution is 7.15. The Morgan fingerprint density at radius 1 is 1.24 bits per heavy atom. The average Bonchev–Trinajstić information content (AvgIpc) is 3.23. The van der Waals surface area contributed by atoms with E-state index in [-0.39, 0.29) is 17.6 Å². The molecule has 1 amide bonds. The molecule has 0 spiro atoms. The summed E-state index contributed by atoms with van der Waals surface area (Å²) in [5.41, 5.74) is 0.377. The van der Waals surface area contributed by atoms with Crippen molar-refractivity contribution in [2.75, 3.05) is 5.32 Å². The topological polar surface area (TPSA) is 68.0 Å². The van der Waals surface area contributed by atoms with Crippen LogP contribution in [0, 0.1) is 5.82 Å². The van der Waals surface area contributed by atoms with Gasteiger partial charge in [0.1, 0.15) is 22.3 Å². The quantitative estimate of drug-likeness (QED) is 0.671. The van der Waals surface area contributed by atoms with Crippen molar-refractivity contribution in [3.05, 3.63) is 59.1 Å². The van der Waals surface area contributed by atoms with E-state index >= 15 is 0 Å². The van der Waals surface area contributed by atoms with Crippen LogP contribution in [0.25, 0.3) is 17.4 Å². The molecule has 0 radical (unpaired) electrons. The highest BCUT2D eigenvalue weighted by Crippen LogP contribution is 2.25. The van der Waals surface area contributed by atoms with Crippen LogP contribution in [0.15, 0.2) is 46.9 Å². The average molecular weight is 357 g/mol. The highest BCUT2D eigenvalue weighted by Gasteiger charge is 2.10. The van der Waals surface area contributed by atoms with Gasteiger partial charge in [-0.05, 0) is 30.3 Å². The number of nitrogens with one attached hydrogen (secondary N) is 1. The Hall–Kier alpha value is -2.80. The number of nitrogens with zero attached hydrogens (tertiary/aromatic N) is 2. The van der Waals surface area contributed by atoms with E-state index < -0.39 is 0 Å². The molecule has 25 heavy (non-hydrogen) atoms. The first-order valence-corrected chi connectivity index (χ1v) is 8.52. The summed E-state index contributed by atoms with van der Waals surface area (Å²) >= 11 is 1.34. The van der Waals surface area contributed by atoms with Crippen molar-refractivity contribution < 1.29 is 13.6 Å². The first-order chi connectivity index (χ1) is 12.0. The fourth-order valence-electron chi connectivity index (χ4n) is 2.07. The third kappa shape index (κ3) is 4.19. The van der Waals surface area contributed by atoms with Crippen LogP contribution in [0.2, 0.25) is 0 Å². The number of anilines is 1. The molecule has 0 saturated carbocycles. The zero-order valence-electron chi connectivity index (χ0n) is 13.7. The van der Waals surface area contributed by atoms with Crippen LogP contribution in [-0.4, -0.2) is 16.1 Å². The Kier molecular flexibility index (Phi) is 5.04. The predicted molar refractivity (Wildman–Crippen MR) is 95.8 cm³/mol. The lowest BCUT2D eigenvalue weighted by molar-refractivity contribution is -0.111. The van der Waals surface area contributed by atoms with E-state index in [1.54, 1.807) is 30.3 Å². The lowest BCUT2D eigenvalue weighted by Crippen LogP contribution is -2.07. The number of aromatic nitrogens is 2. The molecule has 0 aliphatic rings. The summed E-state index contributed by atoms with van der Waals surface area (Å²) in [6.45, 7) is 4.02. The third-order valence-electron chi connectivity index (χ3n) is 3.33. The number of amides is 1. The van der Waals surface area contributed by atoms with Gasteiger partial charge >= 0.3 is 0 Å². The van der Waals surface area contributed by atoms with Gasteiger partial charge in [-0.2, -0.15) is 0 Å². The van der Waals surface area contributed by atoms with Crippen LogP contribution < -0.4 is 5.32 Å². The molecule has 1 aromatic carbocycles. The summed E-state index contributed by atoms with van der Waals surface area (Å²) in [5, 5.41) is 11.9. The minimum Gasteiger partial charge on any atom is -0.457 e. The Morgan fingerprint density at radius 3 is 2.76 bits per heavy atom. The number of carbonyl (C=O) groups is 1. The van der Waals surface area contributed by atoms with Crippen molar-refractivity contribution in [3.63, 3.8) is 0 Å². The van der Waals surface area contributed by atoms with Gasteiger partial charge in [0.2, 0.25) is 11.0 Å². The second-order valence-corrected chi connectivity index (χ2v) is 6.61. The van der Waals surface area contributed by atoms with E-state index in [0.717, 1.165) is 5.01 Å². The Bertz CT molecular complexity index is 914. The molecule has 128 valence electrons. The Morgan fingerprint density at radius 2 is 2.04 bits per heavy atom. The fourth-order valence-corrected chi connectivity index (χ4v) is 2.82. The van der Waals surface area contributed by atoms with Crippen molar-refractivity contribution >= 4 is 28.5 Å². The molecule has 3 rings (SSSR count). The van der Waals surface area contributed by atoms with Gasteiger partial charge in [-0.15, -0.1) is 10.2 Å². The van der Waals surface area contributed by atoms with Crippen molar-refractivity contribution in [1.82, 2.24) is 10.2 Å². The van der Waals surface area contributed by atoms with E-state index in [0.29, 0.717) is 22.2 Å². The lowest BCUT2D eigenvalue weighted by Gasteiger charge is -1.98. The molecule has 0 aliphatic carbocycles. The van der Waals surface area contributed by atoms with E-state index in [1.165, 1.54) is 29.6 Å². The molecule has 0 unspecified atom stereocenters. The zero-order chi connectivity index (χ0) is 17.8. The van der Waals surface area contributed by atoms with Gasteiger partial charge in [0.15, 0.2) is 0 Å². The first kappa shape index (κ1) is 17.0. The molecule has 3 aromatic rings. The van der Waals surface area contributed by atoms with Gasteiger partial charge in [0, 0.05) is 12.0 Å². The molecule has 0 bridgehead atoms. The molecule has 7 heteroatoms. The van der Waals surface area contributed by atoms with Crippen molar-refractivity contribution in [1.29, 1.82) is 0 Å². The summed E-state index contributed by atoms with van der Waals surface area (Å²) in [5.74, 6) is 0.425. The van der Waals surface area contributed by atoms with Crippen molar-refractivity contribution in [2.45, 2.75) is 19.8 Å². The summed E-state index contributed by atoms with van der Waals surface area (Å²) < 4.78 is 19.3. The van der Waals surface area contributed by atoms with E-state index in [2.05, 4.69) is 15.5 Å². The summed E-state index contributed by atoms with van der Waals surface area (Å²) in [4.78, 5) is 11.9. The predicted octanol–water partition coefficient (Wildman–Crippen LogP) is 4.71. The molecular formula is C18H16FN3O2S. The molecule has 0 saturated heterocycles. The number of hydrogen-bond acceptors (Lipinski definition) is 5. The maximum atomic E-state index is 13.7. The summed E-state index contributed by atoms with van der Waals surface area (Å²) in [6.07, 6.45) is 2.85. The van der Waals surface area contributed by atoms with E-state index in [1.807, 2.05) is 13.8 Å². The second kappa shape index (κ2) is 7.40. The molecular weight excluding hydrogens is 341 g/mol. The van der Waals surface area contributed by atoms with Crippen LogP contribution in [0.1, 0.15) is 30.5 Å². The number of rotatable bonds is 5. The zero-order valence-corrected chi connectivity index (χ0v) is 14.5. The van der Waals surface area contributed by atoms with Gasteiger partial charge in [-0.25, -0.2) is 4.39 Å². The van der Waals surface area contributed by atoms with Crippen LogP contribution in [0.4, 0.5) is 9.52 Å². The van der Waals surface area contributed by atoms with Gasteiger partial charge in [-0.1, -0.05) is 37.3 Å². The Labute approximate surface area is 148 Å². The number of hydrogen-bond donors (Lipinski definition) is 1. The van der Waals surface area contributed by atoms with E-state index in [9.17, 15) is 9.18 Å². The largest absolute Gasteiger partial charge is 0.457 e. The number of carbonyl (C=O) groups excluding carboxylic acids is 1. The highest BCUT2D eigenvalue weighted by atomic mass is 32.1. The maximum absolute atomic E-state index is 13.7. The van der Waals surface area contributed by atoms with Crippen molar-refractivity contribution in [2.24, 2.45) is 0 Å². The number of halogens is 1. The molecule has 2 heterocycles. The first-order valence-electron chi connectivity index (χ1n) is 7.70. The monoisotopic (exact) mass is 357 g/mol. The normalized spacial score (nSPS) is 11.4. The molecule has 1 N–H and O–H groups in total. The summed E-state index contributed by atoms with van der Waals surface area (Å²) in [6, 6.07) is 9.69. The van der Waals surface area contributed by atoms with Gasteiger partial charge in [0.05, 0.1) is 5.56 Å². The molecule has 0 fully saturated rings. The molecule has 0 atom stereocenters. The second-order valence-electron chi connectivity index (χ2n) is 5.60. The lowest BCUT2D eigenvalue weighted by atomic mass is 10.1. The van der Waals surface area contributed by atoms with Crippen molar-refractivity contribution in [3.8, 4) is 11.3 Å². The summed E-state index contributed by atoms with van der Waals surface area (Å²) in [7, 11) is 0. The Balaban J connectivity index is 1.66. The SMILES string of the molecule is CC(C)c1nnc(NC(=O)/C=C/c2ccc(-c3ccccc3F)o2)s1. The molecule has 2 aromatic heterocycles. The van der Waals surface area contributed by atoms with Crippen LogP contribution >= 0.6 is 11.3 Å². The van der Waals surface area contributed by atoms with Crippen LogP contribution in [0.3, 0.4) is 0 Å². The van der Waals surface area contributed by atoms with Crippen LogP contribution in [-0.2, 0) is 4.79 Å². The minimum atomic E-state index is -0.359. The minimum absolute atomic E-state index is 0.263. The van der Waals surface area contributed by atoms with Gasteiger partial charge in [0.25, 0.3) is 0 Å². The number of benzene rings is 1. The molecule has 5 nitrogen and oxygen atoms in total. The fraction of sp³-hybridized carbons (Fsp3) is 0.167. The van der Waals surface area contributed by atoms with Gasteiger partial charge < -0.3 is 4.42 Å². The van der Waals surface area contributed by atoms with E-state index in [4.69, 9.17) is 4.42 Å².